The molecule has 1 fully saturated rings. The fraction of sp³-hybridized carbons (Fsp3) is 0.619. The molecule has 1 heterocycles. The first-order valence-electron chi connectivity index (χ1n) is 9.88. The van der Waals surface area contributed by atoms with Crippen molar-refractivity contribution in [3.8, 4) is 0 Å². The molecule has 2 rings (SSSR count). The van der Waals surface area contributed by atoms with E-state index in [-0.39, 0.29) is 30.7 Å². The molecule has 0 bridgehead atoms. The predicted octanol–water partition coefficient (Wildman–Crippen LogP) is 3.36. The van der Waals surface area contributed by atoms with Crippen molar-refractivity contribution in [2.75, 3.05) is 6.54 Å². The molecule has 1 aliphatic heterocycles. The summed E-state index contributed by atoms with van der Waals surface area (Å²) in [5.41, 5.74) is 1.08. The van der Waals surface area contributed by atoms with Gasteiger partial charge in [0, 0.05) is 19.0 Å². The molecule has 3 atom stereocenters. The van der Waals surface area contributed by atoms with E-state index >= 15 is 0 Å². The molecule has 0 aliphatic carbocycles. The molecule has 6 nitrogen and oxygen atoms in total. The van der Waals surface area contributed by atoms with Crippen LogP contribution in [-0.4, -0.2) is 41.9 Å². The lowest BCUT2D eigenvalue weighted by Gasteiger charge is -2.32. The summed E-state index contributed by atoms with van der Waals surface area (Å²) in [7, 11) is 0. The zero-order valence-electron chi connectivity index (χ0n) is 16.3. The molecule has 6 heteroatoms. The van der Waals surface area contributed by atoms with Crippen LogP contribution in [0.25, 0.3) is 0 Å². The van der Waals surface area contributed by atoms with Gasteiger partial charge in [0.15, 0.2) is 0 Å². The Balaban J connectivity index is 1.77. The molecule has 0 aromatic heterocycles. The van der Waals surface area contributed by atoms with Crippen molar-refractivity contribution < 1.29 is 19.4 Å². The van der Waals surface area contributed by atoms with E-state index in [2.05, 4.69) is 24.5 Å². The van der Waals surface area contributed by atoms with Crippen LogP contribution in [0.2, 0.25) is 0 Å². The number of carboxylic acid groups (broad SMARTS) is 1. The largest absolute Gasteiger partial charge is 0.481 e. The van der Waals surface area contributed by atoms with E-state index in [0.717, 1.165) is 24.8 Å². The summed E-state index contributed by atoms with van der Waals surface area (Å²) in [4.78, 5) is 23.2. The van der Waals surface area contributed by atoms with Gasteiger partial charge in [-0.1, -0.05) is 30.3 Å². The second-order valence-electron chi connectivity index (χ2n) is 7.60. The molecule has 0 radical (unpaired) electrons. The number of aliphatic carboxylic acids is 1. The van der Waals surface area contributed by atoms with Gasteiger partial charge in [0.05, 0.1) is 12.2 Å². The van der Waals surface area contributed by atoms with E-state index < -0.39 is 5.97 Å². The van der Waals surface area contributed by atoms with Crippen molar-refractivity contribution >= 4 is 12.0 Å². The monoisotopic (exact) mass is 376 g/mol. The van der Waals surface area contributed by atoms with E-state index in [4.69, 9.17) is 9.84 Å². The van der Waals surface area contributed by atoms with Gasteiger partial charge in [-0.3, -0.25) is 4.79 Å². The molecule has 1 aromatic rings. The standard InChI is InChI=1S/C21H32N2O4/c1-15-12-18(13-16(2)27-15)10-11-22-21(26)23-19(8-9-20(24)25)14-17-6-4-3-5-7-17/h3-7,15-16,18-19H,8-14H2,1-2H3,(H,24,25)(H2,22,23,26). The van der Waals surface area contributed by atoms with Crippen LogP contribution >= 0.6 is 0 Å². The van der Waals surface area contributed by atoms with Crippen molar-refractivity contribution in [2.45, 2.75) is 70.6 Å². The SMILES string of the molecule is CC1CC(CCNC(=O)NC(CCC(=O)O)Cc2ccccc2)CC(C)O1. The molecule has 1 aromatic carbocycles. The Kier molecular flexibility index (Phi) is 8.58. The van der Waals surface area contributed by atoms with Gasteiger partial charge < -0.3 is 20.5 Å². The van der Waals surface area contributed by atoms with Gasteiger partial charge in [0.2, 0.25) is 0 Å². The van der Waals surface area contributed by atoms with Crippen molar-refractivity contribution in [2.24, 2.45) is 5.92 Å². The Morgan fingerprint density at radius 2 is 1.85 bits per heavy atom. The number of ether oxygens (including phenoxy) is 1. The molecule has 150 valence electrons. The minimum absolute atomic E-state index is 0.0373. The van der Waals surface area contributed by atoms with Gasteiger partial charge in [-0.25, -0.2) is 4.79 Å². The van der Waals surface area contributed by atoms with Crippen molar-refractivity contribution in [3.05, 3.63) is 35.9 Å². The van der Waals surface area contributed by atoms with E-state index in [1.165, 1.54) is 0 Å². The van der Waals surface area contributed by atoms with E-state index in [1.807, 2.05) is 30.3 Å². The highest BCUT2D eigenvalue weighted by Gasteiger charge is 2.24. The Morgan fingerprint density at radius 1 is 1.19 bits per heavy atom. The second-order valence-corrected chi connectivity index (χ2v) is 7.60. The molecular formula is C21H32N2O4. The minimum atomic E-state index is -0.849. The lowest BCUT2D eigenvalue weighted by Crippen LogP contribution is -2.44. The Hall–Kier alpha value is -2.08. The lowest BCUT2D eigenvalue weighted by molar-refractivity contribution is -0.137. The van der Waals surface area contributed by atoms with Gasteiger partial charge in [-0.05, 0) is 57.4 Å². The maximum absolute atomic E-state index is 12.3. The fourth-order valence-corrected chi connectivity index (χ4v) is 3.83. The first kappa shape index (κ1) is 21.2. The van der Waals surface area contributed by atoms with Crippen LogP contribution < -0.4 is 10.6 Å². The smallest absolute Gasteiger partial charge is 0.315 e. The number of hydrogen-bond donors (Lipinski definition) is 3. The molecule has 1 aliphatic rings. The number of rotatable bonds is 9. The molecule has 1 saturated heterocycles. The normalized spacial score (nSPS) is 23.4. The van der Waals surface area contributed by atoms with Crippen molar-refractivity contribution in [1.82, 2.24) is 10.6 Å². The average Bonchev–Trinajstić information content (AvgIpc) is 2.59. The van der Waals surface area contributed by atoms with Crippen LogP contribution in [0.15, 0.2) is 30.3 Å². The minimum Gasteiger partial charge on any atom is -0.481 e. The Labute approximate surface area is 161 Å². The Bertz CT molecular complexity index is 583. The molecule has 3 N–H and O–H groups in total. The number of carbonyl (C=O) groups is 2. The molecule has 3 unspecified atom stereocenters. The van der Waals surface area contributed by atoms with Crippen LogP contribution in [0.1, 0.15) is 51.5 Å². The van der Waals surface area contributed by atoms with Gasteiger partial charge >= 0.3 is 12.0 Å². The first-order chi connectivity index (χ1) is 12.9. The number of carbonyl (C=O) groups excluding carboxylic acids is 1. The van der Waals surface area contributed by atoms with Crippen LogP contribution in [0.5, 0.6) is 0 Å². The highest BCUT2D eigenvalue weighted by Crippen LogP contribution is 2.26. The number of hydrogen-bond acceptors (Lipinski definition) is 3. The van der Waals surface area contributed by atoms with E-state index in [9.17, 15) is 9.59 Å². The van der Waals surface area contributed by atoms with Gasteiger partial charge in [-0.15, -0.1) is 0 Å². The molecule has 27 heavy (non-hydrogen) atoms. The van der Waals surface area contributed by atoms with Crippen molar-refractivity contribution in [1.29, 1.82) is 0 Å². The topological polar surface area (TPSA) is 87.7 Å². The molecule has 0 saturated carbocycles. The van der Waals surface area contributed by atoms with E-state index in [1.54, 1.807) is 0 Å². The number of urea groups is 1. The van der Waals surface area contributed by atoms with Crippen LogP contribution in [0.4, 0.5) is 4.79 Å². The third kappa shape index (κ3) is 8.43. The fourth-order valence-electron chi connectivity index (χ4n) is 3.83. The van der Waals surface area contributed by atoms with Gasteiger partial charge in [-0.2, -0.15) is 0 Å². The summed E-state index contributed by atoms with van der Waals surface area (Å²) in [6.07, 6.45) is 4.62. The van der Waals surface area contributed by atoms with Gasteiger partial charge in [0.25, 0.3) is 0 Å². The molecular weight excluding hydrogens is 344 g/mol. The zero-order valence-corrected chi connectivity index (χ0v) is 16.3. The number of nitrogens with one attached hydrogen (secondary N) is 2. The van der Waals surface area contributed by atoms with Crippen LogP contribution in [0.3, 0.4) is 0 Å². The van der Waals surface area contributed by atoms with Gasteiger partial charge in [0.1, 0.15) is 0 Å². The lowest BCUT2D eigenvalue weighted by atomic mass is 9.90. The summed E-state index contributed by atoms with van der Waals surface area (Å²) < 4.78 is 5.75. The average molecular weight is 376 g/mol. The third-order valence-corrected chi connectivity index (χ3v) is 5.00. The summed E-state index contributed by atoms with van der Waals surface area (Å²) >= 11 is 0. The summed E-state index contributed by atoms with van der Waals surface area (Å²) in [6.45, 7) is 4.81. The zero-order chi connectivity index (χ0) is 19.6. The summed E-state index contributed by atoms with van der Waals surface area (Å²) in [5, 5.41) is 14.8. The summed E-state index contributed by atoms with van der Waals surface area (Å²) in [6, 6.07) is 9.37. The maximum Gasteiger partial charge on any atom is 0.315 e. The first-order valence-corrected chi connectivity index (χ1v) is 9.88. The quantitative estimate of drug-likeness (QED) is 0.617. The number of amides is 2. The number of carboxylic acids is 1. The molecule has 0 spiro atoms. The maximum atomic E-state index is 12.3. The molecule has 2 amide bonds. The summed E-state index contributed by atoms with van der Waals surface area (Å²) in [5.74, 6) is -0.283. The van der Waals surface area contributed by atoms with Crippen molar-refractivity contribution in [3.63, 3.8) is 0 Å². The highest BCUT2D eigenvalue weighted by molar-refractivity contribution is 5.74. The van der Waals surface area contributed by atoms with Crippen LogP contribution in [-0.2, 0) is 16.0 Å². The Morgan fingerprint density at radius 3 is 2.48 bits per heavy atom. The number of benzene rings is 1. The predicted molar refractivity (Wildman–Crippen MR) is 105 cm³/mol. The highest BCUT2D eigenvalue weighted by atomic mass is 16.5. The third-order valence-electron chi connectivity index (χ3n) is 5.00. The van der Waals surface area contributed by atoms with E-state index in [0.29, 0.717) is 25.3 Å². The second kappa shape index (κ2) is 10.9. The van der Waals surface area contributed by atoms with Crippen LogP contribution in [0, 0.1) is 5.92 Å².